The van der Waals surface area contributed by atoms with E-state index in [1.54, 1.807) is 19.1 Å². The van der Waals surface area contributed by atoms with Crippen LogP contribution in [0.4, 0.5) is 5.82 Å². The predicted octanol–water partition coefficient (Wildman–Crippen LogP) is 6.57. The van der Waals surface area contributed by atoms with Crippen molar-refractivity contribution < 1.29 is 18.5 Å². The van der Waals surface area contributed by atoms with Gasteiger partial charge in [0.25, 0.3) is 5.91 Å². The van der Waals surface area contributed by atoms with Crippen LogP contribution in [0.5, 0.6) is 5.75 Å². The summed E-state index contributed by atoms with van der Waals surface area (Å²) in [5.74, 6) is 1.02. The molecule has 0 fully saturated rings. The fourth-order valence-corrected chi connectivity index (χ4v) is 5.23. The van der Waals surface area contributed by atoms with Crippen LogP contribution in [0, 0.1) is 6.92 Å². The van der Waals surface area contributed by atoms with Crippen molar-refractivity contribution in [2.45, 2.75) is 19.6 Å². The lowest BCUT2D eigenvalue weighted by atomic mass is 9.97. The molecule has 4 aromatic carbocycles. The smallest absolute Gasteiger partial charge is 0.296 e. The SMILES string of the molecule is Cc1cc(N2C(=O)c3oc4c(ccc5ccccc54)c(=O)c3[C@@H]2c2cccc(OCc3ccccc3)c2)no1. The van der Waals surface area contributed by atoms with E-state index in [0.717, 1.165) is 16.3 Å². The van der Waals surface area contributed by atoms with Gasteiger partial charge in [-0.15, -0.1) is 0 Å². The van der Waals surface area contributed by atoms with Gasteiger partial charge < -0.3 is 13.7 Å². The molecule has 3 heterocycles. The lowest BCUT2D eigenvalue weighted by Crippen LogP contribution is -2.29. The Kier molecular flexibility index (Phi) is 5.30. The Labute approximate surface area is 222 Å². The summed E-state index contributed by atoms with van der Waals surface area (Å²) >= 11 is 0. The van der Waals surface area contributed by atoms with Crippen molar-refractivity contribution in [3.05, 3.63) is 135 Å². The molecule has 6 aromatic rings. The normalized spacial score (nSPS) is 14.7. The fourth-order valence-electron chi connectivity index (χ4n) is 5.23. The first-order valence-corrected chi connectivity index (χ1v) is 12.6. The van der Waals surface area contributed by atoms with Crippen LogP contribution in [0.1, 0.15) is 39.0 Å². The van der Waals surface area contributed by atoms with Gasteiger partial charge in [0.1, 0.15) is 23.7 Å². The standard InChI is InChI=1S/C32H22N2O5/c1-19-16-26(33-39-19)34-28(22-11-7-12-23(17-22)37-18-20-8-3-2-4-9-20)27-29(35)25-15-14-21-10-5-6-13-24(21)30(25)38-31(27)32(34)36/h2-17,28H,18H2,1H3/t28-/m0/s1. The third kappa shape index (κ3) is 3.78. The molecule has 7 heteroatoms. The Bertz CT molecular complexity index is 1940. The molecule has 0 N–H and O–H groups in total. The number of hydrogen-bond acceptors (Lipinski definition) is 6. The zero-order valence-corrected chi connectivity index (χ0v) is 21.0. The summed E-state index contributed by atoms with van der Waals surface area (Å²) in [4.78, 5) is 29.4. The average Bonchev–Trinajstić information content (AvgIpc) is 3.53. The number of rotatable bonds is 5. The highest BCUT2D eigenvalue weighted by molar-refractivity contribution is 6.12. The van der Waals surface area contributed by atoms with Crippen molar-refractivity contribution in [1.29, 1.82) is 0 Å². The summed E-state index contributed by atoms with van der Waals surface area (Å²) in [6.07, 6.45) is 0. The van der Waals surface area contributed by atoms with Crippen LogP contribution in [-0.2, 0) is 6.61 Å². The van der Waals surface area contributed by atoms with Crippen LogP contribution < -0.4 is 15.1 Å². The molecule has 7 rings (SSSR count). The van der Waals surface area contributed by atoms with Gasteiger partial charge in [-0.05, 0) is 41.6 Å². The number of carbonyl (C=O) groups is 1. The molecule has 0 spiro atoms. The first-order chi connectivity index (χ1) is 19.1. The second-order valence-electron chi connectivity index (χ2n) is 9.56. The highest BCUT2D eigenvalue weighted by Gasteiger charge is 2.45. The largest absolute Gasteiger partial charge is 0.489 e. The summed E-state index contributed by atoms with van der Waals surface area (Å²) in [7, 11) is 0. The molecule has 0 saturated heterocycles. The number of fused-ring (bicyclic) bond motifs is 4. The maximum atomic E-state index is 14.1. The molecule has 1 aliphatic rings. The molecular weight excluding hydrogens is 492 g/mol. The number of amides is 1. The van der Waals surface area contributed by atoms with Gasteiger partial charge in [0, 0.05) is 11.5 Å². The zero-order chi connectivity index (χ0) is 26.5. The van der Waals surface area contributed by atoms with Gasteiger partial charge in [0.2, 0.25) is 5.76 Å². The molecule has 1 aliphatic heterocycles. The van der Waals surface area contributed by atoms with Gasteiger partial charge in [-0.3, -0.25) is 14.5 Å². The molecular formula is C32H22N2O5. The van der Waals surface area contributed by atoms with Gasteiger partial charge in [0.05, 0.1) is 17.0 Å². The first kappa shape index (κ1) is 23.0. The van der Waals surface area contributed by atoms with E-state index in [-0.39, 0.29) is 16.8 Å². The molecule has 7 nitrogen and oxygen atoms in total. The molecule has 0 unspecified atom stereocenters. The van der Waals surface area contributed by atoms with Crippen molar-refractivity contribution in [1.82, 2.24) is 5.16 Å². The van der Waals surface area contributed by atoms with E-state index in [0.29, 0.717) is 40.5 Å². The maximum absolute atomic E-state index is 14.1. The third-order valence-electron chi connectivity index (χ3n) is 7.05. The van der Waals surface area contributed by atoms with E-state index >= 15 is 0 Å². The summed E-state index contributed by atoms with van der Waals surface area (Å²) in [5.41, 5.74) is 2.13. The van der Waals surface area contributed by atoms with E-state index in [1.165, 1.54) is 4.90 Å². The number of aryl methyl sites for hydroxylation is 1. The van der Waals surface area contributed by atoms with Crippen LogP contribution in [0.15, 0.2) is 111 Å². The molecule has 0 aliphatic carbocycles. The van der Waals surface area contributed by atoms with E-state index in [9.17, 15) is 9.59 Å². The number of nitrogens with zero attached hydrogens (tertiary/aromatic N) is 2. The Hall–Kier alpha value is -5.17. The minimum atomic E-state index is -0.774. The molecule has 1 atom stereocenters. The minimum Gasteiger partial charge on any atom is -0.489 e. The summed E-state index contributed by atoms with van der Waals surface area (Å²) in [5, 5.41) is 6.21. The van der Waals surface area contributed by atoms with Gasteiger partial charge in [-0.2, -0.15) is 0 Å². The Morgan fingerprint density at radius 1 is 0.872 bits per heavy atom. The Morgan fingerprint density at radius 2 is 1.69 bits per heavy atom. The van der Waals surface area contributed by atoms with Gasteiger partial charge >= 0.3 is 0 Å². The third-order valence-corrected chi connectivity index (χ3v) is 7.05. The van der Waals surface area contributed by atoms with E-state index in [4.69, 9.17) is 13.7 Å². The van der Waals surface area contributed by atoms with E-state index < -0.39 is 11.9 Å². The molecule has 39 heavy (non-hydrogen) atoms. The summed E-state index contributed by atoms with van der Waals surface area (Å²) in [6, 6.07) is 29.4. The second-order valence-corrected chi connectivity index (χ2v) is 9.56. The maximum Gasteiger partial charge on any atom is 0.296 e. The number of anilines is 1. The predicted molar refractivity (Wildman–Crippen MR) is 147 cm³/mol. The van der Waals surface area contributed by atoms with Gasteiger partial charge in [-0.25, -0.2) is 0 Å². The molecule has 0 bridgehead atoms. The van der Waals surface area contributed by atoms with Crippen LogP contribution in [0.3, 0.4) is 0 Å². The topological polar surface area (TPSA) is 85.8 Å². The summed E-state index contributed by atoms with van der Waals surface area (Å²) < 4.78 is 17.6. The highest BCUT2D eigenvalue weighted by atomic mass is 16.5. The van der Waals surface area contributed by atoms with E-state index in [1.807, 2.05) is 84.9 Å². The average molecular weight is 515 g/mol. The number of ether oxygens (including phenoxy) is 1. The number of hydrogen-bond donors (Lipinski definition) is 0. The van der Waals surface area contributed by atoms with Crippen molar-refractivity contribution in [3.8, 4) is 5.75 Å². The minimum absolute atomic E-state index is 0.00473. The molecule has 2 aromatic heterocycles. The second kappa shape index (κ2) is 8.99. The van der Waals surface area contributed by atoms with Crippen molar-refractivity contribution in [3.63, 3.8) is 0 Å². The van der Waals surface area contributed by atoms with Crippen LogP contribution in [0.25, 0.3) is 21.7 Å². The molecule has 190 valence electrons. The molecule has 1 amide bonds. The van der Waals surface area contributed by atoms with Gasteiger partial charge in [-0.1, -0.05) is 78.0 Å². The van der Waals surface area contributed by atoms with Crippen molar-refractivity contribution in [2.75, 3.05) is 4.90 Å². The van der Waals surface area contributed by atoms with Crippen LogP contribution >= 0.6 is 0 Å². The zero-order valence-electron chi connectivity index (χ0n) is 21.0. The van der Waals surface area contributed by atoms with Gasteiger partial charge in [0.15, 0.2) is 11.2 Å². The van der Waals surface area contributed by atoms with E-state index in [2.05, 4.69) is 5.16 Å². The number of carbonyl (C=O) groups excluding carboxylic acids is 1. The monoisotopic (exact) mass is 514 g/mol. The van der Waals surface area contributed by atoms with Crippen LogP contribution in [-0.4, -0.2) is 11.1 Å². The highest BCUT2D eigenvalue weighted by Crippen LogP contribution is 2.42. The lowest BCUT2D eigenvalue weighted by molar-refractivity contribution is 0.0969. The quantitative estimate of drug-likeness (QED) is 0.242. The fraction of sp³-hybridized carbons (Fsp3) is 0.0938. The first-order valence-electron chi connectivity index (χ1n) is 12.6. The Balaban J connectivity index is 1.40. The van der Waals surface area contributed by atoms with Crippen LogP contribution in [0.2, 0.25) is 0 Å². The summed E-state index contributed by atoms with van der Waals surface area (Å²) in [6.45, 7) is 2.14. The molecule has 0 saturated carbocycles. The van der Waals surface area contributed by atoms with Crippen molar-refractivity contribution in [2.24, 2.45) is 0 Å². The lowest BCUT2D eigenvalue weighted by Gasteiger charge is -2.23. The number of aromatic nitrogens is 1. The van der Waals surface area contributed by atoms with Crippen molar-refractivity contribution >= 4 is 33.5 Å². The number of benzene rings is 4. The Morgan fingerprint density at radius 3 is 2.51 bits per heavy atom. The molecule has 0 radical (unpaired) electrons.